The molecule has 8 aromatic rings. The van der Waals surface area contributed by atoms with Gasteiger partial charge in [-0.05, 0) is 107 Å². The zero-order valence-corrected chi connectivity index (χ0v) is 47.7. The second kappa shape index (κ2) is 25.0. The molecule has 4 N–H and O–H groups in total. The Labute approximate surface area is 481 Å². The number of amides is 1. The van der Waals surface area contributed by atoms with Crippen LogP contribution in [0.2, 0.25) is 10.0 Å². The molecule has 0 heterocycles. The molecular formula is C52H42BaCl2N6O12S2. The quantitative estimate of drug-likeness (QED) is 0.0260. The van der Waals surface area contributed by atoms with E-state index < -0.39 is 53.3 Å². The van der Waals surface area contributed by atoms with Crippen LogP contribution in [-0.2, 0) is 33.1 Å². The van der Waals surface area contributed by atoms with Crippen molar-refractivity contribution < 1.29 is 55.5 Å². The summed E-state index contributed by atoms with van der Waals surface area (Å²) in [4.78, 5) is 16.3. The van der Waals surface area contributed by atoms with E-state index in [4.69, 9.17) is 32.7 Å². The molecule has 0 unspecified atom stereocenters. The van der Waals surface area contributed by atoms with E-state index in [2.05, 4.69) is 30.8 Å². The van der Waals surface area contributed by atoms with Crippen LogP contribution in [0.4, 0.5) is 34.1 Å². The number of rotatable bonds is 14. The van der Waals surface area contributed by atoms with Crippen LogP contribution in [0.3, 0.4) is 0 Å². The SMILES string of the molecule is CCc1cc(S(=O)(=O)O)c(Cl)cc1N=Nc1c(O)c(C(=O)Nc2ccccc2OC)cc2ccccc12.CCc1cc(S(=O)(=O)O)c(Cl)cc1N=Nc1c([O-])c(C([O-])=Nc2ccccc2OC)cc2ccccc12.[Ba+2]. The Morgan fingerprint density at radius 2 is 1.07 bits per heavy atom. The van der Waals surface area contributed by atoms with Gasteiger partial charge < -0.3 is 30.1 Å². The first kappa shape index (κ1) is 57.9. The van der Waals surface area contributed by atoms with Crippen LogP contribution in [0.5, 0.6) is 23.0 Å². The predicted molar refractivity (Wildman–Crippen MR) is 285 cm³/mol. The Morgan fingerprint density at radius 3 is 1.59 bits per heavy atom. The van der Waals surface area contributed by atoms with Crippen LogP contribution in [0.1, 0.15) is 40.9 Å². The first-order chi connectivity index (χ1) is 35.3. The molecule has 0 spiro atoms. The summed E-state index contributed by atoms with van der Waals surface area (Å²) in [7, 11) is -6.14. The number of methoxy groups -OCH3 is 2. The first-order valence-corrected chi connectivity index (χ1v) is 25.7. The summed E-state index contributed by atoms with van der Waals surface area (Å²) in [5, 5.41) is 58.7. The number of anilines is 1. The van der Waals surface area contributed by atoms with Gasteiger partial charge in [0.1, 0.15) is 32.7 Å². The van der Waals surface area contributed by atoms with Crippen molar-refractivity contribution in [3.63, 3.8) is 0 Å². The molecule has 0 aliphatic carbocycles. The largest absolute Gasteiger partial charge is 2.00 e. The number of fused-ring (bicyclic) bond motifs is 2. The van der Waals surface area contributed by atoms with Gasteiger partial charge in [-0.15, -0.1) is 5.11 Å². The zero-order chi connectivity index (χ0) is 53.5. The van der Waals surface area contributed by atoms with Crippen molar-refractivity contribution in [2.75, 3.05) is 19.5 Å². The predicted octanol–water partition coefficient (Wildman–Crippen LogP) is 11.5. The van der Waals surface area contributed by atoms with Crippen LogP contribution in [0.15, 0.2) is 169 Å². The van der Waals surface area contributed by atoms with Crippen LogP contribution >= 0.6 is 23.2 Å². The normalized spacial score (nSPS) is 11.9. The summed E-state index contributed by atoms with van der Waals surface area (Å²) in [6.45, 7) is 3.52. The number of aromatic hydroxyl groups is 1. The molecule has 1 amide bonds. The number of hydrogen-bond donors (Lipinski definition) is 4. The summed E-state index contributed by atoms with van der Waals surface area (Å²) < 4.78 is 75.8. The van der Waals surface area contributed by atoms with Crippen LogP contribution in [0.25, 0.3) is 21.5 Å². The van der Waals surface area contributed by atoms with E-state index in [0.29, 0.717) is 62.7 Å². The third kappa shape index (κ3) is 13.3. The molecule has 23 heteroatoms. The van der Waals surface area contributed by atoms with Crippen molar-refractivity contribution in [1.82, 2.24) is 0 Å². The summed E-state index contributed by atoms with van der Waals surface area (Å²) in [5.41, 5.74) is 1.74. The van der Waals surface area contributed by atoms with E-state index in [1.54, 1.807) is 117 Å². The summed E-state index contributed by atoms with van der Waals surface area (Å²) >= 11 is 12.1. The fraction of sp³-hybridized carbons (Fsp3) is 0.115. The summed E-state index contributed by atoms with van der Waals surface area (Å²) in [5.74, 6) is -1.60. The van der Waals surface area contributed by atoms with Gasteiger partial charge in [0.15, 0.2) is 5.75 Å². The number of para-hydroxylation sites is 4. The van der Waals surface area contributed by atoms with E-state index in [1.165, 1.54) is 44.6 Å². The van der Waals surface area contributed by atoms with E-state index in [1.807, 2.05) is 0 Å². The minimum atomic E-state index is -4.54. The maximum atomic E-state index is 13.4. The number of phenolic OH excluding ortho intramolecular Hbond substituents is 1. The van der Waals surface area contributed by atoms with Crippen molar-refractivity contribution in [2.24, 2.45) is 25.4 Å². The van der Waals surface area contributed by atoms with Crippen LogP contribution < -0.4 is 25.0 Å². The fourth-order valence-corrected chi connectivity index (χ4v) is 9.61. The number of aryl methyl sites for hydroxylation is 2. The molecule has 8 rings (SSSR count). The van der Waals surface area contributed by atoms with E-state index in [9.17, 15) is 46.1 Å². The number of nitrogens with zero attached hydrogens (tertiary/aromatic N) is 5. The van der Waals surface area contributed by atoms with Crippen molar-refractivity contribution >= 4 is 160 Å². The van der Waals surface area contributed by atoms with Gasteiger partial charge in [0, 0.05) is 10.8 Å². The Bertz CT molecular complexity index is 3830. The molecule has 0 bridgehead atoms. The number of carbonyl (C=O) groups is 1. The maximum Gasteiger partial charge on any atom is 2.00 e. The van der Waals surface area contributed by atoms with Gasteiger partial charge in [-0.2, -0.15) is 32.2 Å². The molecule has 0 fully saturated rings. The average molecular weight is 1220 g/mol. The number of benzene rings is 8. The first-order valence-electron chi connectivity index (χ1n) is 22.0. The molecule has 0 radical (unpaired) electrons. The average Bonchev–Trinajstić information content (AvgIpc) is 3.37. The number of carbonyl (C=O) groups excluding carboxylic acids is 1. The second-order valence-corrected chi connectivity index (χ2v) is 19.4. The second-order valence-electron chi connectivity index (χ2n) is 15.8. The standard InChI is InChI=1S/2C26H22ClN3O6S.Ba/c2*1-3-15-13-23(37(33,34)35)19(27)14-21(15)29-30-24-17-9-5-4-8-16(17)12-18(25(24)31)26(32)28-20-10-6-7-11-22(20)36-2;/h2*4-14,31H,3H2,1-2H3,(H,28,32)(H,33,34,35);/q;;+2/p-2. The number of aliphatic imine (C=N–C) groups is 1. The molecule has 0 atom stereocenters. The Morgan fingerprint density at radius 1 is 0.613 bits per heavy atom. The Hall–Kier alpha value is -6.41. The number of halogens is 2. The van der Waals surface area contributed by atoms with Crippen molar-refractivity contribution in [3.8, 4) is 23.0 Å². The van der Waals surface area contributed by atoms with Gasteiger partial charge in [0.05, 0.1) is 52.6 Å². The van der Waals surface area contributed by atoms with Crippen molar-refractivity contribution in [3.05, 3.63) is 166 Å². The van der Waals surface area contributed by atoms with Gasteiger partial charge in [-0.25, -0.2) is 0 Å². The molecule has 75 heavy (non-hydrogen) atoms. The smallest absolute Gasteiger partial charge is 0.871 e. The molecule has 8 aromatic carbocycles. The molecule has 0 aromatic heterocycles. The van der Waals surface area contributed by atoms with Crippen molar-refractivity contribution in [2.45, 2.75) is 36.5 Å². The summed E-state index contributed by atoms with van der Waals surface area (Å²) in [6.07, 6.45) is 0.706. The fourth-order valence-electron chi connectivity index (χ4n) is 7.51. The van der Waals surface area contributed by atoms with Gasteiger partial charge in [0.2, 0.25) is 0 Å². The minimum Gasteiger partial charge on any atom is -0.871 e. The van der Waals surface area contributed by atoms with Gasteiger partial charge in [-0.1, -0.05) is 116 Å². The van der Waals surface area contributed by atoms with E-state index >= 15 is 0 Å². The minimum absolute atomic E-state index is 0. The molecule has 0 aliphatic rings. The molecule has 0 saturated carbocycles. The number of hydrogen-bond acceptors (Lipinski definition) is 15. The van der Waals surface area contributed by atoms with Gasteiger partial charge >= 0.3 is 48.9 Å². The topological polar surface area (TPSA) is 284 Å². The zero-order valence-electron chi connectivity index (χ0n) is 40.1. The van der Waals surface area contributed by atoms with Gasteiger partial charge in [-0.3, -0.25) is 18.9 Å². The summed E-state index contributed by atoms with van der Waals surface area (Å²) in [6, 6.07) is 35.4. The molecule has 18 nitrogen and oxygen atoms in total. The molecule has 0 aliphatic heterocycles. The van der Waals surface area contributed by atoms with Crippen LogP contribution in [0, 0.1) is 0 Å². The van der Waals surface area contributed by atoms with Crippen LogP contribution in [-0.4, -0.2) is 106 Å². The van der Waals surface area contributed by atoms with E-state index in [-0.39, 0.29) is 98.5 Å². The van der Waals surface area contributed by atoms with Crippen molar-refractivity contribution in [1.29, 1.82) is 0 Å². The Balaban J connectivity index is 0.000000241. The maximum absolute atomic E-state index is 13.4. The monoisotopic (exact) mass is 1210 g/mol. The number of azo groups is 2. The molecule has 380 valence electrons. The van der Waals surface area contributed by atoms with Gasteiger partial charge in [0.25, 0.3) is 26.1 Å². The third-order valence-electron chi connectivity index (χ3n) is 11.2. The number of phenols is 1. The molecule has 0 saturated heterocycles. The Kier molecular flexibility index (Phi) is 19.3. The number of ether oxygens (including phenoxy) is 2. The van der Waals surface area contributed by atoms with E-state index in [0.717, 1.165) is 0 Å². The third-order valence-corrected chi connectivity index (χ3v) is 13.8. The number of nitrogens with one attached hydrogen (secondary N) is 1. The molecular weight excluding hydrogens is 1170 g/mol.